The van der Waals surface area contributed by atoms with Crippen molar-refractivity contribution in [2.75, 3.05) is 5.73 Å². The molecule has 3 aromatic carbocycles. The van der Waals surface area contributed by atoms with E-state index < -0.39 is 0 Å². The van der Waals surface area contributed by atoms with Crippen molar-refractivity contribution in [3.8, 4) is 0 Å². The van der Waals surface area contributed by atoms with Crippen molar-refractivity contribution in [2.24, 2.45) is 0 Å². The van der Waals surface area contributed by atoms with Crippen molar-refractivity contribution >= 4 is 27.6 Å². The molecule has 3 heteroatoms. The molecule has 0 saturated carbocycles. The van der Waals surface area contributed by atoms with Gasteiger partial charge in [0, 0.05) is 12.1 Å². The lowest BCUT2D eigenvalue weighted by Gasteiger charge is -2.01. The van der Waals surface area contributed by atoms with Gasteiger partial charge < -0.3 is 10.2 Å². The molecular formula is C18H14N2O. The van der Waals surface area contributed by atoms with E-state index >= 15 is 0 Å². The molecule has 1 heterocycles. The molecule has 0 amide bonds. The van der Waals surface area contributed by atoms with Crippen LogP contribution < -0.4 is 5.73 Å². The third kappa shape index (κ3) is 2.23. The molecule has 0 saturated heterocycles. The predicted octanol–water partition coefficient (Wildman–Crippen LogP) is 4.15. The van der Waals surface area contributed by atoms with Crippen LogP contribution in [-0.2, 0) is 6.42 Å². The van der Waals surface area contributed by atoms with Gasteiger partial charge >= 0.3 is 0 Å². The molecule has 1 aromatic heterocycles. The molecule has 0 unspecified atom stereocenters. The largest absolute Gasteiger partial charge is 0.440 e. The molecule has 3 nitrogen and oxygen atoms in total. The second-order valence-corrected chi connectivity index (χ2v) is 5.19. The second kappa shape index (κ2) is 4.63. The number of rotatable bonds is 2. The average molecular weight is 274 g/mol. The van der Waals surface area contributed by atoms with E-state index in [2.05, 4.69) is 35.3 Å². The van der Waals surface area contributed by atoms with Crippen LogP contribution in [0.2, 0.25) is 0 Å². The summed E-state index contributed by atoms with van der Waals surface area (Å²) in [5.74, 6) is 0.714. The quantitative estimate of drug-likeness (QED) is 0.558. The van der Waals surface area contributed by atoms with E-state index in [1.54, 1.807) is 0 Å². The molecule has 0 aliphatic heterocycles. The van der Waals surface area contributed by atoms with E-state index in [0.29, 0.717) is 18.0 Å². The van der Waals surface area contributed by atoms with Gasteiger partial charge in [-0.3, -0.25) is 0 Å². The fourth-order valence-corrected chi connectivity index (χ4v) is 2.59. The molecule has 0 spiro atoms. The van der Waals surface area contributed by atoms with Crippen molar-refractivity contribution in [3.63, 3.8) is 0 Å². The van der Waals surface area contributed by atoms with Crippen molar-refractivity contribution < 1.29 is 4.42 Å². The number of fused-ring (bicyclic) bond motifs is 2. The van der Waals surface area contributed by atoms with Crippen LogP contribution in [0.5, 0.6) is 0 Å². The van der Waals surface area contributed by atoms with Crippen molar-refractivity contribution in [1.29, 1.82) is 0 Å². The third-order valence-electron chi connectivity index (χ3n) is 3.63. The first-order chi connectivity index (χ1) is 10.3. The zero-order valence-corrected chi connectivity index (χ0v) is 11.4. The van der Waals surface area contributed by atoms with Crippen molar-refractivity contribution in [3.05, 3.63) is 72.1 Å². The second-order valence-electron chi connectivity index (χ2n) is 5.19. The molecule has 0 bridgehead atoms. The van der Waals surface area contributed by atoms with E-state index in [1.807, 2.05) is 30.3 Å². The maximum absolute atomic E-state index is 5.77. The summed E-state index contributed by atoms with van der Waals surface area (Å²) in [7, 11) is 0. The summed E-state index contributed by atoms with van der Waals surface area (Å²) in [5.41, 5.74) is 9.25. The number of benzene rings is 3. The van der Waals surface area contributed by atoms with Gasteiger partial charge in [-0.25, -0.2) is 4.98 Å². The summed E-state index contributed by atoms with van der Waals surface area (Å²) < 4.78 is 5.77. The highest BCUT2D eigenvalue weighted by Gasteiger charge is 2.07. The van der Waals surface area contributed by atoms with E-state index in [-0.39, 0.29) is 0 Å². The first kappa shape index (κ1) is 12.0. The van der Waals surface area contributed by atoms with Gasteiger partial charge in [-0.15, -0.1) is 0 Å². The Balaban J connectivity index is 1.71. The molecule has 4 rings (SSSR count). The monoisotopic (exact) mass is 274 g/mol. The number of nitrogen functional groups attached to an aromatic ring is 1. The van der Waals surface area contributed by atoms with E-state index in [4.69, 9.17) is 10.2 Å². The van der Waals surface area contributed by atoms with Gasteiger partial charge in [0.2, 0.25) is 0 Å². The maximum Gasteiger partial charge on any atom is 0.199 e. The molecular weight excluding hydrogens is 260 g/mol. The zero-order valence-electron chi connectivity index (χ0n) is 11.4. The van der Waals surface area contributed by atoms with Crippen LogP contribution in [0.4, 0.5) is 5.69 Å². The third-order valence-corrected chi connectivity index (χ3v) is 3.63. The van der Waals surface area contributed by atoms with Crippen LogP contribution >= 0.6 is 0 Å². The van der Waals surface area contributed by atoms with Gasteiger partial charge in [0.1, 0.15) is 5.52 Å². The minimum Gasteiger partial charge on any atom is -0.440 e. The van der Waals surface area contributed by atoms with Gasteiger partial charge in [-0.1, -0.05) is 42.5 Å². The van der Waals surface area contributed by atoms with Crippen molar-refractivity contribution in [2.45, 2.75) is 6.42 Å². The van der Waals surface area contributed by atoms with Crippen LogP contribution in [-0.4, -0.2) is 4.98 Å². The predicted molar refractivity (Wildman–Crippen MR) is 85.2 cm³/mol. The standard InChI is InChI=1S/C18H14N2O/c19-15-7-8-17-16(11-15)20-18(21-17)10-12-5-6-13-3-1-2-4-14(13)9-12/h1-9,11H,10,19H2. The van der Waals surface area contributed by atoms with Gasteiger partial charge in [0.25, 0.3) is 0 Å². The van der Waals surface area contributed by atoms with Gasteiger partial charge in [-0.2, -0.15) is 0 Å². The Morgan fingerprint density at radius 3 is 2.67 bits per heavy atom. The molecule has 4 aromatic rings. The Morgan fingerprint density at radius 1 is 0.905 bits per heavy atom. The Kier molecular flexibility index (Phi) is 2.64. The highest BCUT2D eigenvalue weighted by Crippen LogP contribution is 2.22. The van der Waals surface area contributed by atoms with Crippen LogP contribution in [0.3, 0.4) is 0 Å². The van der Waals surface area contributed by atoms with E-state index in [0.717, 1.165) is 11.1 Å². The SMILES string of the molecule is Nc1ccc2oc(Cc3ccc4ccccc4c3)nc2c1. The summed E-state index contributed by atoms with van der Waals surface area (Å²) in [6.07, 6.45) is 0.680. The topological polar surface area (TPSA) is 52.0 Å². The molecule has 102 valence electrons. The normalized spacial score (nSPS) is 11.2. The lowest BCUT2D eigenvalue weighted by atomic mass is 10.1. The summed E-state index contributed by atoms with van der Waals surface area (Å²) in [5, 5.41) is 2.47. The number of nitrogens with zero attached hydrogens (tertiary/aromatic N) is 1. The first-order valence-electron chi connectivity index (χ1n) is 6.90. The first-order valence-corrected chi connectivity index (χ1v) is 6.90. The fraction of sp³-hybridized carbons (Fsp3) is 0.0556. The van der Waals surface area contributed by atoms with Crippen LogP contribution in [0, 0.1) is 0 Å². The van der Waals surface area contributed by atoms with E-state index in [1.165, 1.54) is 16.3 Å². The number of anilines is 1. The summed E-state index contributed by atoms with van der Waals surface area (Å²) >= 11 is 0. The van der Waals surface area contributed by atoms with E-state index in [9.17, 15) is 0 Å². The van der Waals surface area contributed by atoms with Gasteiger partial charge in [-0.05, 0) is 34.5 Å². The molecule has 0 aliphatic carbocycles. The fourth-order valence-electron chi connectivity index (χ4n) is 2.59. The highest BCUT2D eigenvalue weighted by atomic mass is 16.3. The highest BCUT2D eigenvalue weighted by molar-refractivity contribution is 5.83. The van der Waals surface area contributed by atoms with Gasteiger partial charge in [0.05, 0.1) is 0 Å². The molecule has 2 N–H and O–H groups in total. The number of hydrogen-bond donors (Lipinski definition) is 1. The summed E-state index contributed by atoms with van der Waals surface area (Å²) in [6.45, 7) is 0. The van der Waals surface area contributed by atoms with Crippen LogP contribution in [0.1, 0.15) is 11.5 Å². The Morgan fingerprint density at radius 2 is 1.76 bits per heavy atom. The molecule has 0 aliphatic rings. The Labute approximate surface area is 122 Å². The molecule has 0 fully saturated rings. The smallest absolute Gasteiger partial charge is 0.199 e. The Hall–Kier alpha value is -2.81. The van der Waals surface area contributed by atoms with Crippen LogP contribution in [0.25, 0.3) is 21.9 Å². The minimum absolute atomic E-state index is 0.680. The molecule has 0 atom stereocenters. The van der Waals surface area contributed by atoms with Crippen molar-refractivity contribution in [1.82, 2.24) is 4.98 Å². The minimum atomic E-state index is 0.680. The number of oxazole rings is 1. The number of hydrogen-bond acceptors (Lipinski definition) is 3. The number of nitrogens with two attached hydrogens (primary N) is 1. The maximum atomic E-state index is 5.77. The van der Waals surface area contributed by atoms with Crippen LogP contribution in [0.15, 0.2) is 65.1 Å². The number of aromatic nitrogens is 1. The lowest BCUT2D eigenvalue weighted by molar-refractivity contribution is 0.544. The Bertz CT molecular complexity index is 940. The average Bonchev–Trinajstić information content (AvgIpc) is 2.88. The summed E-state index contributed by atoms with van der Waals surface area (Å²) in [4.78, 5) is 4.50. The van der Waals surface area contributed by atoms with Gasteiger partial charge in [0.15, 0.2) is 11.5 Å². The zero-order chi connectivity index (χ0) is 14.2. The lowest BCUT2D eigenvalue weighted by Crippen LogP contribution is -1.88. The summed E-state index contributed by atoms with van der Waals surface area (Å²) in [6, 6.07) is 20.3. The molecule has 21 heavy (non-hydrogen) atoms. The molecule has 0 radical (unpaired) electrons.